The van der Waals surface area contributed by atoms with E-state index >= 15 is 0 Å². The van der Waals surface area contributed by atoms with E-state index in [0.29, 0.717) is 28.1 Å². The van der Waals surface area contributed by atoms with Gasteiger partial charge in [-0.2, -0.15) is 0 Å². The first-order valence-corrected chi connectivity index (χ1v) is 9.87. The summed E-state index contributed by atoms with van der Waals surface area (Å²) >= 11 is 3.32. The third-order valence-corrected chi connectivity index (χ3v) is 5.10. The number of benzene rings is 2. The first-order valence-electron chi connectivity index (χ1n) is 9.08. The largest absolute Gasteiger partial charge is 0.480 e. The Kier molecular flexibility index (Phi) is 7.85. The summed E-state index contributed by atoms with van der Waals surface area (Å²) in [5, 5.41) is 0. The van der Waals surface area contributed by atoms with Crippen molar-refractivity contribution in [3.05, 3.63) is 64.1 Å². The first kappa shape index (κ1) is 21.0. The molecule has 0 aliphatic heterocycles. The molecular weight excluding hydrogens is 408 g/mol. The monoisotopic (exact) mass is 432 g/mol. The van der Waals surface area contributed by atoms with Crippen LogP contribution in [0.15, 0.2) is 53.0 Å². The van der Waals surface area contributed by atoms with Crippen molar-refractivity contribution in [2.45, 2.75) is 45.6 Å². The highest BCUT2D eigenvalue weighted by molar-refractivity contribution is 9.10. The smallest absolute Gasteiger partial charge is 0.279 e. The molecule has 0 aromatic heterocycles. The molecule has 27 heavy (non-hydrogen) atoms. The fourth-order valence-corrected chi connectivity index (χ4v) is 3.07. The summed E-state index contributed by atoms with van der Waals surface area (Å²) in [6.07, 6.45) is 0.756. The van der Waals surface area contributed by atoms with E-state index in [1.165, 1.54) is 0 Å². The number of hydrogen-bond acceptors (Lipinski definition) is 3. The number of carbonyl (C=O) groups excluding carboxylic acids is 2. The summed E-state index contributed by atoms with van der Waals surface area (Å²) in [7, 11) is 0. The molecule has 5 nitrogen and oxygen atoms in total. The van der Waals surface area contributed by atoms with Crippen LogP contribution in [0.3, 0.4) is 0 Å². The van der Waals surface area contributed by atoms with Crippen molar-refractivity contribution in [2.24, 2.45) is 0 Å². The lowest BCUT2D eigenvalue weighted by Crippen LogP contribution is -2.48. The maximum absolute atomic E-state index is 12.5. The van der Waals surface area contributed by atoms with E-state index in [-0.39, 0.29) is 0 Å². The third-order valence-electron chi connectivity index (χ3n) is 4.41. The quantitative estimate of drug-likeness (QED) is 0.629. The topological polar surface area (TPSA) is 67.4 Å². The number of ether oxygens (including phenoxy) is 1. The minimum atomic E-state index is -0.699. The van der Waals surface area contributed by atoms with Gasteiger partial charge in [-0.25, -0.2) is 0 Å². The number of rotatable bonds is 7. The molecule has 2 N–H and O–H groups in total. The van der Waals surface area contributed by atoms with Crippen molar-refractivity contribution in [3.63, 3.8) is 0 Å². The number of hydrogen-bond donors (Lipinski definition) is 2. The van der Waals surface area contributed by atoms with E-state index in [4.69, 9.17) is 4.74 Å². The summed E-state index contributed by atoms with van der Waals surface area (Å²) in [4.78, 5) is 24.7. The molecule has 0 bridgehead atoms. The highest BCUT2D eigenvalue weighted by atomic mass is 79.9. The molecule has 2 aromatic rings. The van der Waals surface area contributed by atoms with Crippen LogP contribution in [-0.4, -0.2) is 17.9 Å². The molecule has 2 aromatic carbocycles. The second-order valence-corrected chi connectivity index (χ2v) is 7.14. The molecule has 6 heteroatoms. The van der Waals surface area contributed by atoms with Crippen LogP contribution in [0.2, 0.25) is 0 Å². The van der Waals surface area contributed by atoms with Crippen LogP contribution in [0.5, 0.6) is 5.75 Å². The predicted octanol–water partition coefficient (Wildman–Crippen LogP) is 4.58. The maximum Gasteiger partial charge on any atom is 0.279 e. The van der Waals surface area contributed by atoms with Gasteiger partial charge in [0, 0.05) is 4.47 Å². The molecule has 2 rings (SSSR count). The van der Waals surface area contributed by atoms with Gasteiger partial charge >= 0.3 is 0 Å². The molecule has 0 aliphatic carbocycles. The van der Waals surface area contributed by atoms with E-state index in [0.717, 1.165) is 12.0 Å². The Labute approximate surface area is 168 Å². The lowest BCUT2D eigenvalue weighted by atomic mass is 9.98. The molecule has 0 radical (unpaired) electrons. The zero-order chi connectivity index (χ0) is 19.8. The number of carbonyl (C=O) groups is 2. The van der Waals surface area contributed by atoms with Crippen LogP contribution in [0.4, 0.5) is 0 Å². The molecule has 0 fully saturated rings. The predicted molar refractivity (Wildman–Crippen MR) is 110 cm³/mol. The van der Waals surface area contributed by atoms with Crippen molar-refractivity contribution in [2.75, 3.05) is 0 Å². The van der Waals surface area contributed by atoms with Gasteiger partial charge in [0.1, 0.15) is 5.75 Å². The van der Waals surface area contributed by atoms with Crippen LogP contribution in [0.25, 0.3) is 0 Å². The second kappa shape index (κ2) is 10.1. The Morgan fingerprint density at radius 1 is 1.00 bits per heavy atom. The van der Waals surface area contributed by atoms with E-state index in [1.807, 2.05) is 37.3 Å². The van der Waals surface area contributed by atoms with Gasteiger partial charge in [-0.05, 0) is 58.5 Å². The molecule has 0 saturated heterocycles. The molecule has 2 atom stereocenters. The van der Waals surface area contributed by atoms with Crippen molar-refractivity contribution in [1.82, 2.24) is 10.9 Å². The van der Waals surface area contributed by atoms with Crippen LogP contribution in [-0.2, 0) is 4.79 Å². The molecule has 2 amide bonds. The Morgan fingerprint density at radius 3 is 2.33 bits per heavy atom. The average Bonchev–Trinajstić information content (AvgIpc) is 2.70. The minimum absolute atomic E-state index is 0.330. The van der Waals surface area contributed by atoms with E-state index < -0.39 is 17.9 Å². The third kappa shape index (κ3) is 5.57. The Balaban J connectivity index is 2.02. The molecule has 0 heterocycles. The van der Waals surface area contributed by atoms with Gasteiger partial charge in [-0.15, -0.1) is 0 Å². The van der Waals surface area contributed by atoms with E-state index in [2.05, 4.69) is 40.6 Å². The Hall–Kier alpha value is -2.34. The van der Waals surface area contributed by atoms with Gasteiger partial charge < -0.3 is 4.74 Å². The van der Waals surface area contributed by atoms with Gasteiger partial charge in [0.15, 0.2) is 6.10 Å². The first-order chi connectivity index (χ1) is 13.0. The normalized spacial score (nSPS) is 12.7. The zero-order valence-corrected chi connectivity index (χ0v) is 17.4. The lowest BCUT2D eigenvalue weighted by Gasteiger charge is -2.21. The Morgan fingerprint density at radius 2 is 1.67 bits per heavy atom. The van der Waals surface area contributed by atoms with Crippen molar-refractivity contribution in [3.8, 4) is 5.75 Å². The minimum Gasteiger partial charge on any atom is -0.480 e. The molecule has 144 valence electrons. The second-order valence-electron chi connectivity index (χ2n) is 6.29. The standard InChI is InChI=1S/C21H25BrN2O3/c1-4-14(3)15-10-7-9-13-19(15)27-18(5-2)21(26)24-23-20(25)16-11-6-8-12-17(16)22/h6-14,18H,4-5H2,1-3H3,(H,23,25)(H,24,26). The fraction of sp³-hybridized carbons (Fsp3) is 0.333. The number of para-hydroxylation sites is 1. The highest BCUT2D eigenvalue weighted by Crippen LogP contribution is 2.29. The number of nitrogens with one attached hydrogen (secondary N) is 2. The van der Waals surface area contributed by atoms with Gasteiger partial charge in [-0.1, -0.05) is 51.1 Å². The fourth-order valence-electron chi connectivity index (χ4n) is 2.60. The molecule has 0 saturated carbocycles. The van der Waals surface area contributed by atoms with Crippen molar-refractivity contribution < 1.29 is 14.3 Å². The molecule has 2 unspecified atom stereocenters. The van der Waals surface area contributed by atoms with Gasteiger partial charge in [-0.3, -0.25) is 20.4 Å². The number of hydrazine groups is 1. The maximum atomic E-state index is 12.5. The van der Waals surface area contributed by atoms with Crippen molar-refractivity contribution in [1.29, 1.82) is 0 Å². The SMILES string of the molecule is CCC(Oc1ccccc1C(C)CC)C(=O)NNC(=O)c1ccccc1Br. The average molecular weight is 433 g/mol. The van der Waals surface area contributed by atoms with Crippen LogP contribution >= 0.6 is 15.9 Å². The summed E-state index contributed by atoms with van der Waals surface area (Å²) in [6.45, 7) is 6.11. The summed E-state index contributed by atoms with van der Waals surface area (Å²) < 4.78 is 6.62. The molecule has 0 spiro atoms. The number of halogens is 1. The number of amides is 2. The summed E-state index contributed by atoms with van der Waals surface area (Å²) in [5.41, 5.74) is 6.41. The molecular formula is C21H25BrN2O3. The van der Waals surface area contributed by atoms with E-state index in [1.54, 1.807) is 18.2 Å². The molecule has 0 aliphatic rings. The zero-order valence-electron chi connectivity index (χ0n) is 15.8. The van der Waals surface area contributed by atoms with Crippen LogP contribution < -0.4 is 15.6 Å². The van der Waals surface area contributed by atoms with Gasteiger partial charge in [0.05, 0.1) is 5.56 Å². The van der Waals surface area contributed by atoms with E-state index in [9.17, 15) is 9.59 Å². The van der Waals surface area contributed by atoms with Crippen LogP contribution in [0, 0.1) is 0 Å². The highest BCUT2D eigenvalue weighted by Gasteiger charge is 2.21. The summed E-state index contributed by atoms with van der Waals surface area (Å²) in [6, 6.07) is 14.7. The van der Waals surface area contributed by atoms with Crippen molar-refractivity contribution >= 4 is 27.7 Å². The van der Waals surface area contributed by atoms with Gasteiger partial charge in [0.2, 0.25) is 0 Å². The Bertz CT molecular complexity index is 795. The van der Waals surface area contributed by atoms with Crippen LogP contribution in [0.1, 0.15) is 55.5 Å². The van der Waals surface area contributed by atoms with Gasteiger partial charge in [0.25, 0.3) is 11.8 Å². The lowest BCUT2D eigenvalue weighted by molar-refractivity contribution is -0.128. The summed E-state index contributed by atoms with van der Waals surface area (Å²) in [5.74, 6) is 0.241.